The number of non-ortho nitro benzene ring substituents is 1. The molecule has 0 bridgehead atoms. The lowest BCUT2D eigenvalue weighted by Gasteiger charge is -2.14. The highest BCUT2D eigenvalue weighted by Gasteiger charge is 2.15. The van der Waals surface area contributed by atoms with Crippen LogP contribution in [0.5, 0.6) is 0 Å². The Balaban J connectivity index is 2.12. The number of anilines is 1. The van der Waals surface area contributed by atoms with E-state index in [9.17, 15) is 10.1 Å². The topological polar surface area (TPSA) is 67.2 Å². The molecule has 0 spiro atoms. The van der Waals surface area contributed by atoms with Gasteiger partial charge in [0.25, 0.3) is 5.69 Å². The molecule has 0 saturated carbocycles. The van der Waals surface area contributed by atoms with Crippen molar-refractivity contribution in [3.8, 4) is 0 Å². The lowest BCUT2D eigenvalue weighted by atomic mass is 10.1. The van der Waals surface area contributed by atoms with E-state index < -0.39 is 0 Å². The van der Waals surface area contributed by atoms with Crippen molar-refractivity contribution >= 4 is 11.4 Å². The van der Waals surface area contributed by atoms with Gasteiger partial charge in [-0.15, -0.1) is 0 Å². The number of hydrogen-bond acceptors (Lipinski definition) is 4. The minimum Gasteiger partial charge on any atom is -0.381 e. The molecule has 2 N–H and O–H groups in total. The summed E-state index contributed by atoms with van der Waals surface area (Å²) in [5, 5.41) is 17.2. The molecule has 1 aliphatic rings. The van der Waals surface area contributed by atoms with Crippen LogP contribution in [-0.2, 0) is 0 Å². The molecule has 1 saturated heterocycles. The molecule has 0 radical (unpaired) electrons. The molecule has 5 nitrogen and oxygen atoms in total. The first-order valence-corrected chi connectivity index (χ1v) is 5.39. The maximum Gasteiger partial charge on any atom is 0.269 e. The number of hydrogen-bond donors (Lipinski definition) is 2. The zero-order chi connectivity index (χ0) is 11.5. The van der Waals surface area contributed by atoms with Gasteiger partial charge in [-0.1, -0.05) is 0 Å². The Bertz CT molecular complexity index is 400. The minimum atomic E-state index is -0.367. The fraction of sp³-hybridized carbons (Fsp3) is 0.455. The molecule has 1 fully saturated rings. The standard InChI is InChI=1S/C11H15N3O2/c1-8-6-10(14(15)16)2-3-11(8)13-9-4-5-12-7-9/h2-3,6,9,12-13H,4-5,7H2,1H3. The molecule has 1 aliphatic heterocycles. The van der Waals surface area contributed by atoms with E-state index >= 15 is 0 Å². The number of nitrogens with one attached hydrogen (secondary N) is 2. The summed E-state index contributed by atoms with van der Waals surface area (Å²) in [4.78, 5) is 10.2. The number of nitro groups is 1. The zero-order valence-electron chi connectivity index (χ0n) is 9.19. The molecule has 86 valence electrons. The Labute approximate surface area is 94.0 Å². The minimum absolute atomic E-state index is 0.146. The molecule has 0 aromatic heterocycles. The number of nitro benzene ring substituents is 1. The molecule has 16 heavy (non-hydrogen) atoms. The van der Waals surface area contributed by atoms with Gasteiger partial charge in [-0.25, -0.2) is 0 Å². The summed E-state index contributed by atoms with van der Waals surface area (Å²) >= 11 is 0. The number of rotatable bonds is 3. The van der Waals surface area contributed by atoms with Crippen LogP contribution < -0.4 is 10.6 Å². The Morgan fingerprint density at radius 3 is 2.94 bits per heavy atom. The zero-order valence-corrected chi connectivity index (χ0v) is 9.19. The molecule has 0 amide bonds. The maximum absolute atomic E-state index is 10.6. The maximum atomic E-state index is 10.6. The van der Waals surface area contributed by atoms with E-state index in [1.807, 2.05) is 6.92 Å². The van der Waals surface area contributed by atoms with Gasteiger partial charge < -0.3 is 10.6 Å². The number of aryl methyl sites for hydroxylation is 1. The van der Waals surface area contributed by atoms with E-state index in [2.05, 4.69) is 10.6 Å². The van der Waals surface area contributed by atoms with Crippen LogP contribution >= 0.6 is 0 Å². The van der Waals surface area contributed by atoms with Gasteiger partial charge in [0.15, 0.2) is 0 Å². The third kappa shape index (κ3) is 2.30. The second-order valence-electron chi connectivity index (χ2n) is 4.09. The molecule has 1 heterocycles. The second-order valence-corrected chi connectivity index (χ2v) is 4.09. The van der Waals surface area contributed by atoms with Crippen LogP contribution in [-0.4, -0.2) is 24.1 Å². The number of nitrogens with zero attached hydrogens (tertiary/aromatic N) is 1. The molecule has 2 rings (SSSR count). The average Bonchev–Trinajstić information content (AvgIpc) is 2.73. The summed E-state index contributed by atoms with van der Waals surface area (Å²) in [6, 6.07) is 5.36. The van der Waals surface area contributed by atoms with Crippen molar-refractivity contribution in [2.75, 3.05) is 18.4 Å². The molecule has 1 atom stereocenters. The van der Waals surface area contributed by atoms with Crippen LogP contribution in [0, 0.1) is 17.0 Å². The van der Waals surface area contributed by atoms with Crippen molar-refractivity contribution < 1.29 is 4.92 Å². The van der Waals surface area contributed by atoms with Crippen molar-refractivity contribution in [3.63, 3.8) is 0 Å². The quantitative estimate of drug-likeness (QED) is 0.602. The Morgan fingerprint density at radius 2 is 2.38 bits per heavy atom. The molecule has 5 heteroatoms. The highest BCUT2D eigenvalue weighted by atomic mass is 16.6. The first-order chi connectivity index (χ1) is 7.66. The summed E-state index contributed by atoms with van der Waals surface area (Å²) in [5.74, 6) is 0. The van der Waals surface area contributed by atoms with E-state index in [-0.39, 0.29) is 10.6 Å². The van der Waals surface area contributed by atoms with Gasteiger partial charge in [0.05, 0.1) is 4.92 Å². The van der Waals surface area contributed by atoms with Crippen molar-refractivity contribution in [1.29, 1.82) is 0 Å². The van der Waals surface area contributed by atoms with Crippen LogP contribution in [0.4, 0.5) is 11.4 Å². The van der Waals surface area contributed by atoms with E-state index in [4.69, 9.17) is 0 Å². The molecule has 1 aromatic carbocycles. The fourth-order valence-corrected chi connectivity index (χ4v) is 1.92. The van der Waals surface area contributed by atoms with Gasteiger partial charge >= 0.3 is 0 Å². The van der Waals surface area contributed by atoms with Crippen LogP contribution in [0.15, 0.2) is 18.2 Å². The molecule has 1 unspecified atom stereocenters. The summed E-state index contributed by atoms with van der Waals surface area (Å²) in [7, 11) is 0. The van der Waals surface area contributed by atoms with E-state index in [0.717, 1.165) is 30.8 Å². The lowest BCUT2D eigenvalue weighted by molar-refractivity contribution is -0.384. The monoisotopic (exact) mass is 221 g/mol. The van der Waals surface area contributed by atoms with Crippen molar-refractivity contribution in [3.05, 3.63) is 33.9 Å². The van der Waals surface area contributed by atoms with Crippen LogP contribution in [0.2, 0.25) is 0 Å². The van der Waals surface area contributed by atoms with Gasteiger partial charge in [-0.05, 0) is 31.5 Å². The summed E-state index contributed by atoms with van der Waals surface area (Å²) in [5.41, 5.74) is 2.05. The van der Waals surface area contributed by atoms with Crippen LogP contribution in [0.3, 0.4) is 0 Å². The smallest absolute Gasteiger partial charge is 0.269 e. The van der Waals surface area contributed by atoms with Crippen LogP contribution in [0.1, 0.15) is 12.0 Å². The Kier molecular flexibility index (Phi) is 3.05. The molecular weight excluding hydrogens is 206 g/mol. The van der Waals surface area contributed by atoms with E-state index in [1.54, 1.807) is 12.1 Å². The molecule has 1 aromatic rings. The van der Waals surface area contributed by atoms with Gasteiger partial charge in [-0.3, -0.25) is 10.1 Å². The first kappa shape index (κ1) is 10.9. The molecular formula is C11H15N3O2. The summed E-state index contributed by atoms with van der Waals surface area (Å²) in [6.45, 7) is 3.87. The van der Waals surface area contributed by atoms with Gasteiger partial charge in [0.1, 0.15) is 0 Å². The van der Waals surface area contributed by atoms with Crippen molar-refractivity contribution in [2.24, 2.45) is 0 Å². The average molecular weight is 221 g/mol. The van der Waals surface area contributed by atoms with E-state index in [1.165, 1.54) is 6.07 Å². The third-order valence-corrected chi connectivity index (χ3v) is 2.84. The number of benzene rings is 1. The highest BCUT2D eigenvalue weighted by Crippen LogP contribution is 2.22. The van der Waals surface area contributed by atoms with Crippen molar-refractivity contribution in [2.45, 2.75) is 19.4 Å². The van der Waals surface area contributed by atoms with Crippen LogP contribution in [0.25, 0.3) is 0 Å². The largest absolute Gasteiger partial charge is 0.381 e. The third-order valence-electron chi connectivity index (χ3n) is 2.84. The van der Waals surface area contributed by atoms with E-state index in [0.29, 0.717) is 6.04 Å². The molecule has 0 aliphatic carbocycles. The van der Waals surface area contributed by atoms with Crippen molar-refractivity contribution in [1.82, 2.24) is 5.32 Å². The summed E-state index contributed by atoms with van der Waals surface area (Å²) < 4.78 is 0. The predicted molar refractivity (Wildman–Crippen MR) is 62.7 cm³/mol. The Morgan fingerprint density at radius 1 is 1.56 bits per heavy atom. The van der Waals surface area contributed by atoms with Gasteiger partial charge in [-0.2, -0.15) is 0 Å². The Hall–Kier alpha value is -1.62. The SMILES string of the molecule is Cc1cc([N+](=O)[O-])ccc1NC1CCNC1. The van der Waals surface area contributed by atoms with Gasteiger partial charge in [0.2, 0.25) is 0 Å². The highest BCUT2D eigenvalue weighted by molar-refractivity contribution is 5.56. The normalized spacial score (nSPS) is 19.7. The predicted octanol–water partition coefficient (Wildman–Crippen LogP) is 1.68. The summed E-state index contributed by atoms with van der Waals surface area (Å²) in [6.07, 6.45) is 1.09. The first-order valence-electron chi connectivity index (χ1n) is 5.39. The fourth-order valence-electron chi connectivity index (χ4n) is 1.92. The second kappa shape index (κ2) is 4.49. The van der Waals surface area contributed by atoms with Gasteiger partial charge in [0, 0.05) is 30.4 Å². The lowest BCUT2D eigenvalue weighted by Crippen LogP contribution is -2.22.